The third kappa shape index (κ3) is 5.19. The van der Waals surface area contributed by atoms with Crippen molar-refractivity contribution >= 4 is 23.4 Å². The number of methoxy groups -OCH3 is 1. The first-order chi connectivity index (χ1) is 16.6. The minimum Gasteiger partial charge on any atom is -0.379 e. The van der Waals surface area contributed by atoms with Crippen molar-refractivity contribution in [2.75, 3.05) is 29.7 Å². The van der Waals surface area contributed by atoms with E-state index in [-0.39, 0.29) is 18.6 Å². The fourth-order valence-electron chi connectivity index (χ4n) is 3.84. The normalized spacial score (nSPS) is 16.6. The Morgan fingerprint density at radius 3 is 2.66 bits per heavy atom. The quantitative estimate of drug-likeness (QED) is 0.520. The van der Waals surface area contributed by atoms with E-state index in [0.29, 0.717) is 35.3 Å². The highest BCUT2D eigenvalue weighted by Gasteiger charge is 2.37. The van der Waals surface area contributed by atoms with Gasteiger partial charge in [-0.15, -0.1) is 0 Å². The Bertz CT molecular complexity index is 1210. The maximum Gasteiger partial charge on any atom is 0.433 e. The third-order valence-electron chi connectivity index (χ3n) is 5.75. The van der Waals surface area contributed by atoms with Gasteiger partial charge in [-0.2, -0.15) is 23.3 Å². The van der Waals surface area contributed by atoms with Gasteiger partial charge in [-0.1, -0.05) is 6.07 Å². The molecule has 0 aromatic carbocycles. The molecule has 4 heterocycles. The van der Waals surface area contributed by atoms with E-state index in [1.165, 1.54) is 12.3 Å². The van der Waals surface area contributed by atoms with Crippen LogP contribution >= 0.6 is 0 Å². The van der Waals surface area contributed by atoms with Crippen LogP contribution in [-0.2, 0) is 28.8 Å². The van der Waals surface area contributed by atoms with Crippen molar-refractivity contribution in [3.05, 3.63) is 53.2 Å². The number of hydrogen-bond donors (Lipinski definition) is 2. The molecule has 0 unspecified atom stereocenters. The fraction of sp³-hybridized carbons (Fsp3) is 0.409. The Morgan fingerprint density at radius 2 is 2.00 bits per heavy atom. The maximum absolute atomic E-state index is 12.7. The number of ether oxygens (including phenoxy) is 1. The van der Waals surface area contributed by atoms with Gasteiger partial charge in [0.1, 0.15) is 17.4 Å². The number of halogens is 3. The van der Waals surface area contributed by atoms with Gasteiger partial charge in [0, 0.05) is 38.7 Å². The lowest BCUT2D eigenvalue weighted by Crippen LogP contribution is -2.53. The average molecular weight is 490 g/mol. The first-order valence-electron chi connectivity index (χ1n) is 10.8. The monoisotopic (exact) mass is 490 g/mol. The smallest absolute Gasteiger partial charge is 0.379 e. The fourth-order valence-corrected chi connectivity index (χ4v) is 3.84. The summed E-state index contributed by atoms with van der Waals surface area (Å²) in [6.07, 6.45) is -0.190. The summed E-state index contributed by atoms with van der Waals surface area (Å²) in [5, 5.41) is 10.3. The summed E-state index contributed by atoms with van der Waals surface area (Å²) in [6.45, 7) is 4.26. The molecule has 3 aromatic heterocycles. The van der Waals surface area contributed by atoms with Crippen LogP contribution in [0.5, 0.6) is 0 Å². The Balaban J connectivity index is 1.43. The van der Waals surface area contributed by atoms with Gasteiger partial charge in [-0.3, -0.25) is 14.5 Å². The number of aromatic nitrogens is 5. The van der Waals surface area contributed by atoms with Crippen LogP contribution in [0.3, 0.4) is 0 Å². The molecule has 0 fully saturated rings. The number of carbonyl (C=O) groups is 1. The first-order valence-corrected chi connectivity index (χ1v) is 10.8. The van der Waals surface area contributed by atoms with Crippen LogP contribution in [-0.4, -0.2) is 56.9 Å². The summed E-state index contributed by atoms with van der Waals surface area (Å²) >= 11 is 0. The van der Waals surface area contributed by atoms with Gasteiger partial charge in [0.15, 0.2) is 5.82 Å². The third-order valence-corrected chi connectivity index (χ3v) is 5.75. The molecule has 35 heavy (non-hydrogen) atoms. The zero-order valence-corrected chi connectivity index (χ0v) is 19.6. The van der Waals surface area contributed by atoms with Gasteiger partial charge in [-0.05, 0) is 25.5 Å². The number of fused-ring (bicyclic) bond motifs is 1. The maximum atomic E-state index is 12.7. The number of alkyl halides is 3. The molecule has 2 atom stereocenters. The highest BCUT2D eigenvalue weighted by Crippen LogP contribution is 2.33. The molecular weight excluding hydrogens is 465 g/mol. The predicted molar refractivity (Wildman–Crippen MR) is 122 cm³/mol. The van der Waals surface area contributed by atoms with E-state index < -0.39 is 17.9 Å². The molecule has 0 saturated heterocycles. The van der Waals surface area contributed by atoms with Gasteiger partial charge in [0.05, 0.1) is 24.5 Å². The molecule has 4 rings (SSSR count). The highest BCUT2D eigenvalue weighted by molar-refractivity contribution is 6.03. The Morgan fingerprint density at radius 1 is 1.23 bits per heavy atom. The number of likely N-dealkylation sites (N-methyl/N-ethyl adjacent to an activating group) is 1. The number of rotatable bonds is 7. The molecular formula is C22H25F3N8O2. The minimum atomic E-state index is -4.47. The highest BCUT2D eigenvalue weighted by atomic mass is 19.4. The lowest BCUT2D eigenvalue weighted by atomic mass is 10.1. The largest absolute Gasteiger partial charge is 0.433 e. The van der Waals surface area contributed by atoms with Crippen LogP contribution < -0.4 is 15.5 Å². The van der Waals surface area contributed by atoms with Crippen molar-refractivity contribution in [1.29, 1.82) is 0 Å². The van der Waals surface area contributed by atoms with Gasteiger partial charge in [0.25, 0.3) is 0 Å². The summed E-state index contributed by atoms with van der Waals surface area (Å²) in [7, 11) is 3.34. The van der Waals surface area contributed by atoms with Crippen molar-refractivity contribution in [2.24, 2.45) is 0 Å². The molecule has 0 saturated carbocycles. The van der Waals surface area contributed by atoms with Crippen molar-refractivity contribution in [1.82, 2.24) is 24.7 Å². The zero-order valence-electron chi connectivity index (χ0n) is 19.6. The Hall–Kier alpha value is -3.74. The van der Waals surface area contributed by atoms with Crippen LogP contribution in [0.25, 0.3) is 0 Å². The molecule has 2 N–H and O–H groups in total. The van der Waals surface area contributed by atoms with Gasteiger partial charge < -0.3 is 20.3 Å². The van der Waals surface area contributed by atoms with E-state index in [4.69, 9.17) is 4.74 Å². The minimum absolute atomic E-state index is 0.183. The first kappa shape index (κ1) is 24.4. The second kappa shape index (κ2) is 9.49. The van der Waals surface area contributed by atoms with Crippen LogP contribution in [0.15, 0.2) is 30.7 Å². The topological polar surface area (TPSA) is 110 Å². The van der Waals surface area contributed by atoms with E-state index in [2.05, 4.69) is 30.7 Å². The molecule has 13 heteroatoms. The number of amides is 1. The predicted octanol–water partition coefficient (Wildman–Crippen LogP) is 2.85. The number of carbonyl (C=O) groups excluding carboxylic acids is 1. The second-order valence-corrected chi connectivity index (χ2v) is 8.27. The molecule has 1 amide bonds. The van der Waals surface area contributed by atoms with Crippen molar-refractivity contribution in [3.63, 3.8) is 0 Å². The molecule has 1 aliphatic rings. The number of nitrogens with one attached hydrogen (secondary N) is 2. The van der Waals surface area contributed by atoms with Crippen molar-refractivity contribution in [3.8, 4) is 0 Å². The van der Waals surface area contributed by atoms with Crippen LogP contribution in [0.4, 0.5) is 30.6 Å². The van der Waals surface area contributed by atoms with E-state index >= 15 is 0 Å². The van der Waals surface area contributed by atoms with Crippen molar-refractivity contribution in [2.45, 2.75) is 45.3 Å². The van der Waals surface area contributed by atoms with E-state index in [1.807, 2.05) is 6.92 Å². The average Bonchev–Trinajstić information content (AvgIpc) is 3.25. The van der Waals surface area contributed by atoms with Crippen LogP contribution in [0.1, 0.15) is 29.4 Å². The summed E-state index contributed by atoms with van der Waals surface area (Å²) in [6, 6.07) is 1.80. The van der Waals surface area contributed by atoms with Gasteiger partial charge >= 0.3 is 6.18 Å². The van der Waals surface area contributed by atoms with E-state index in [0.717, 1.165) is 11.6 Å². The molecule has 0 aliphatic carbocycles. The second-order valence-electron chi connectivity index (χ2n) is 8.27. The lowest BCUT2D eigenvalue weighted by Gasteiger charge is -2.37. The standard InChI is InChI=1S/C22H25F3N8O2/c1-12-17-19(32(3)18(13(2)35-4)20(34)30-17)31-21(29-12)27-8-15-9-28-33(11-15)10-14-5-6-16(26-7-14)22(23,24)25/h5-7,9,11,13,18H,8,10H2,1-4H3,(H,30,34)(H,27,29,31)/t13-,18-/m0/s1. The summed E-state index contributed by atoms with van der Waals surface area (Å²) in [5.41, 5.74) is 1.67. The number of anilines is 3. The summed E-state index contributed by atoms with van der Waals surface area (Å²) in [4.78, 5) is 26.8. The summed E-state index contributed by atoms with van der Waals surface area (Å²) < 4.78 is 45.0. The molecule has 10 nitrogen and oxygen atoms in total. The van der Waals surface area contributed by atoms with Crippen LogP contribution in [0.2, 0.25) is 0 Å². The van der Waals surface area contributed by atoms with Gasteiger partial charge in [0.2, 0.25) is 11.9 Å². The Labute approximate surface area is 199 Å². The molecule has 1 aliphatic heterocycles. The van der Waals surface area contributed by atoms with E-state index in [9.17, 15) is 18.0 Å². The number of hydrogen-bond acceptors (Lipinski definition) is 8. The number of nitrogens with zero attached hydrogens (tertiary/aromatic N) is 6. The SMILES string of the molecule is CO[C@@H](C)[C@H]1C(=O)Nc2c(C)nc(NCc3cnn(Cc4ccc(C(F)(F)F)nc4)c3)nc2N1C. The summed E-state index contributed by atoms with van der Waals surface area (Å²) in [5.74, 6) is 0.782. The number of pyridine rings is 1. The van der Waals surface area contributed by atoms with Crippen LogP contribution in [0, 0.1) is 6.92 Å². The number of aryl methyl sites for hydroxylation is 1. The van der Waals surface area contributed by atoms with Crippen molar-refractivity contribution < 1.29 is 22.7 Å². The van der Waals surface area contributed by atoms with E-state index in [1.54, 1.807) is 43.1 Å². The molecule has 186 valence electrons. The van der Waals surface area contributed by atoms with Gasteiger partial charge in [-0.25, -0.2) is 4.98 Å². The lowest BCUT2D eigenvalue weighted by molar-refractivity contribution is -0.141. The molecule has 0 radical (unpaired) electrons. The molecule has 0 spiro atoms. The molecule has 0 bridgehead atoms. The molecule has 3 aromatic rings. The Kier molecular flexibility index (Phi) is 6.61. The zero-order chi connectivity index (χ0) is 25.3.